The predicted octanol–water partition coefficient (Wildman–Crippen LogP) is 6.05. The van der Waals surface area contributed by atoms with E-state index < -0.39 is 19.8 Å². The summed E-state index contributed by atoms with van der Waals surface area (Å²) in [5.74, 6) is 4.46. The summed E-state index contributed by atoms with van der Waals surface area (Å²) in [6, 6.07) is 5.48. The second-order valence-corrected chi connectivity index (χ2v) is 13.3. The number of alkyl halides is 3. The van der Waals surface area contributed by atoms with Crippen LogP contribution in [0.5, 0.6) is 0 Å². The first-order chi connectivity index (χ1) is 13.5. The van der Waals surface area contributed by atoms with Crippen LogP contribution in [-0.2, 0) is 6.18 Å². The lowest BCUT2D eigenvalue weighted by atomic mass is 10.0. The first kappa shape index (κ1) is 21.4. The summed E-state index contributed by atoms with van der Waals surface area (Å²) < 4.78 is 39.0. The summed E-state index contributed by atoms with van der Waals surface area (Å²) in [4.78, 5) is 9.12. The van der Waals surface area contributed by atoms with E-state index in [1.165, 1.54) is 25.0 Å². The van der Waals surface area contributed by atoms with Gasteiger partial charge in [0.1, 0.15) is 25.4 Å². The minimum absolute atomic E-state index is 0.315. The molecule has 29 heavy (non-hydrogen) atoms. The molecule has 154 valence electrons. The number of benzene rings is 1. The standard InChI is InChI=1S/C22H26F3N3Si/c1-15-26-19(13-14-29(2,3)4)20(21(27-15)28-18-7-5-6-8-18)16-9-11-17(12-10-16)22(23,24)25/h9-12,18H,5-8H2,1-4H3,(H,26,27,28). The highest BCUT2D eigenvalue weighted by Gasteiger charge is 2.30. The van der Waals surface area contributed by atoms with Crippen LogP contribution in [0.1, 0.15) is 42.8 Å². The highest BCUT2D eigenvalue weighted by Crippen LogP contribution is 2.35. The van der Waals surface area contributed by atoms with Crippen LogP contribution in [0, 0.1) is 18.4 Å². The molecule has 1 aromatic heterocycles. The fourth-order valence-electron chi connectivity index (χ4n) is 3.38. The van der Waals surface area contributed by atoms with Crippen LogP contribution in [0.25, 0.3) is 11.1 Å². The van der Waals surface area contributed by atoms with Crippen LogP contribution in [0.2, 0.25) is 19.6 Å². The third-order valence-electron chi connectivity index (χ3n) is 4.77. The van der Waals surface area contributed by atoms with Crippen LogP contribution >= 0.6 is 0 Å². The third kappa shape index (κ3) is 5.60. The van der Waals surface area contributed by atoms with Gasteiger partial charge < -0.3 is 5.32 Å². The lowest BCUT2D eigenvalue weighted by molar-refractivity contribution is -0.137. The van der Waals surface area contributed by atoms with Crippen molar-refractivity contribution in [2.75, 3.05) is 5.32 Å². The molecule has 2 aromatic rings. The molecule has 1 heterocycles. The van der Waals surface area contributed by atoms with E-state index in [1.54, 1.807) is 0 Å². The van der Waals surface area contributed by atoms with E-state index in [1.807, 2.05) is 6.92 Å². The van der Waals surface area contributed by atoms with Crippen molar-refractivity contribution in [3.8, 4) is 22.6 Å². The van der Waals surface area contributed by atoms with Crippen LogP contribution in [0.3, 0.4) is 0 Å². The van der Waals surface area contributed by atoms with Crippen molar-refractivity contribution in [3.05, 3.63) is 41.3 Å². The maximum Gasteiger partial charge on any atom is 0.416 e. The largest absolute Gasteiger partial charge is 0.416 e. The SMILES string of the molecule is Cc1nc(C#C[Si](C)(C)C)c(-c2ccc(C(F)(F)F)cc2)c(NC2CCCC2)n1. The number of hydrogen-bond donors (Lipinski definition) is 1. The maximum atomic E-state index is 13.0. The summed E-state index contributed by atoms with van der Waals surface area (Å²) in [7, 11) is -1.66. The number of rotatable bonds is 3. The van der Waals surface area contributed by atoms with E-state index in [9.17, 15) is 13.2 Å². The number of anilines is 1. The molecule has 3 rings (SSSR count). The van der Waals surface area contributed by atoms with E-state index in [0.717, 1.165) is 25.0 Å². The normalized spacial score (nSPS) is 15.1. The molecule has 3 nitrogen and oxygen atoms in total. The van der Waals surface area contributed by atoms with E-state index in [4.69, 9.17) is 0 Å². The number of aryl methyl sites for hydroxylation is 1. The number of halogens is 3. The second kappa shape index (κ2) is 8.19. The molecular formula is C22H26F3N3Si. The van der Waals surface area contributed by atoms with Crippen molar-refractivity contribution in [1.82, 2.24) is 9.97 Å². The van der Waals surface area contributed by atoms with Gasteiger partial charge in [-0.25, -0.2) is 9.97 Å². The van der Waals surface area contributed by atoms with Crippen LogP contribution in [0.4, 0.5) is 19.0 Å². The molecule has 0 saturated heterocycles. The van der Waals surface area contributed by atoms with Crippen molar-refractivity contribution in [2.45, 2.75) is 64.5 Å². The van der Waals surface area contributed by atoms with Crippen LogP contribution < -0.4 is 5.32 Å². The Morgan fingerprint density at radius 3 is 2.21 bits per heavy atom. The first-order valence-electron chi connectivity index (χ1n) is 9.89. The Balaban J connectivity index is 2.12. The summed E-state index contributed by atoms with van der Waals surface area (Å²) in [5, 5.41) is 3.50. The average Bonchev–Trinajstić information content (AvgIpc) is 3.11. The van der Waals surface area contributed by atoms with Gasteiger partial charge in [-0.05, 0) is 37.5 Å². The number of nitrogens with zero attached hydrogens (tertiary/aromatic N) is 2. The van der Waals surface area contributed by atoms with Crippen molar-refractivity contribution in [1.29, 1.82) is 0 Å². The van der Waals surface area contributed by atoms with Gasteiger partial charge in [-0.2, -0.15) is 13.2 Å². The van der Waals surface area contributed by atoms with Crippen molar-refractivity contribution in [3.63, 3.8) is 0 Å². The quantitative estimate of drug-likeness (QED) is 0.488. The molecule has 0 radical (unpaired) electrons. The van der Waals surface area contributed by atoms with Gasteiger partial charge in [0.2, 0.25) is 0 Å². The molecular weight excluding hydrogens is 391 g/mol. The summed E-state index contributed by atoms with van der Waals surface area (Å²) in [6.45, 7) is 8.24. The van der Waals surface area contributed by atoms with Gasteiger partial charge in [0.15, 0.2) is 0 Å². The van der Waals surface area contributed by atoms with Gasteiger partial charge in [0.05, 0.1) is 11.1 Å². The third-order valence-corrected chi connectivity index (χ3v) is 5.65. The molecule has 0 bridgehead atoms. The fraction of sp³-hybridized carbons (Fsp3) is 0.455. The van der Waals surface area contributed by atoms with Crippen molar-refractivity contribution >= 4 is 13.9 Å². The Kier molecular flexibility index (Phi) is 6.04. The Hall–Kier alpha value is -2.33. The predicted molar refractivity (Wildman–Crippen MR) is 113 cm³/mol. The minimum Gasteiger partial charge on any atom is -0.367 e. The molecule has 1 aliphatic rings. The zero-order valence-electron chi connectivity index (χ0n) is 17.2. The van der Waals surface area contributed by atoms with Crippen molar-refractivity contribution in [2.24, 2.45) is 0 Å². The van der Waals surface area contributed by atoms with Gasteiger partial charge in [-0.3, -0.25) is 0 Å². The molecule has 0 spiro atoms. The molecule has 0 unspecified atom stereocenters. The zero-order chi connectivity index (χ0) is 21.2. The monoisotopic (exact) mass is 417 g/mol. The zero-order valence-corrected chi connectivity index (χ0v) is 18.2. The van der Waals surface area contributed by atoms with E-state index in [-0.39, 0.29) is 0 Å². The molecule has 7 heteroatoms. The highest BCUT2D eigenvalue weighted by atomic mass is 28.3. The Bertz CT molecular complexity index is 929. The van der Waals surface area contributed by atoms with Crippen LogP contribution in [-0.4, -0.2) is 24.1 Å². The lowest BCUT2D eigenvalue weighted by Gasteiger charge is -2.18. The molecule has 1 aromatic carbocycles. The molecule has 1 N–H and O–H groups in total. The molecule has 0 atom stereocenters. The number of nitrogens with one attached hydrogen (secondary N) is 1. The van der Waals surface area contributed by atoms with Gasteiger partial charge in [-0.1, -0.05) is 50.5 Å². The maximum absolute atomic E-state index is 13.0. The summed E-state index contributed by atoms with van der Waals surface area (Å²) >= 11 is 0. The molecule has 1 saturated carbocycles. The highest BCUT2D eigenvalue weighted by molar-refractivity contribution is 6.83. The topological polar surface area (TPSA) is 37.8 Å². The summed E-state index contributed by atoms with van der Waals surface area (Å²) in [6.07, 6.45) is 0.0871. The molecule has 0 aliphatic heterocycles. The smallest absolute Gasteiger partial charge is 0.367 e. The van der Waals surface area contributed by atoms with Gasteiger partial charge in [0.25, 0.3) is 0 Å². The second-order valence-electron chi connectivity index (χ2n) is 8.54. The first-order valence-corrected chi connectivity index (χ1v) is 13.4. The minimum atomic E-state index is -4.37. The lowest BCUT2D eigenvalue weighted by Crippen LogP contribution is -2.18. The van der Waals surface area contributed by atoms with Crippen molar-refractivity contribution < 1.29 is 13.2 Å². The average molecular weight is 418 g/mol. The van der Waals surface area contributed by atoms with Gasteiger partial charge >= 0.3 is 6.18 Å². The molecule has 1 fully saturated rings. The van der Waals surface area contributed by atoms with E-state index in [2.05, 4.69) is 46.4 Å². The molecule has 0 amide bonds. The Morgan fingerprint density at radius 1 is 1.03 bits per heavy atom. The van der Waals surface area contributed by atoms with E-state index >= 15 is 0 Å². The fourth-order valence-corrected chi connectivity index (χ4v) is 3.87. The number of aromatic nitrogens is 2. The Labute approximate surface area is 171 Å². The van der Waals surface area contributed by atoms with Crippen LogP contribution in [0.15, 0.2) is 24.3 Å². The molecule has 1 aliphatic carbocycles. The Morgan fingerprint density at radius 2 is 1.66 bits per heavy atom. The van der Waals surface area contributed by atoms with E-state index in [0.29, 0.717) is 34.5 Å². The number of hydrogen-bond acceptors (Lipinski definition) is 3. The summed E-state index contributed by atoms with van der Waals surface area (Å²) in [5.41, 5.74) is 4.54. The van der Waals surface area contributed by atoms with Gasteiger partial charge in [-0.15, -0.1) is 5.54 Å². The van der Waals surface area contributed by atoms with Gasteiger partial charge in [0, 0.05) is 6.04 Å².